The van der Waals surface area contributed by atoms with Gasteiger partial charge in [0.2, 0.25) is 0 Å². The highest BCUT2D eigenvalue weighted by molar-refractivity contribution is 7.92. The fourth-order valence-electron chi connectivity index (χ4n) is 4.23. The molecule has 1 amide bonds. The van der Waals surface area contributed by atoms with E-state index in [0.29, 0.717) is 5.69 Å². The number of hydrogen-bond donors (Lipinski definition) is 0. The molecule has 8 nitrogen and oxygen atoms in total. The van der Waals surface area contributed by atoms with Gasteiger partial charge in [0.05, 0.1) is 24.8 Å². The highest BCUT2D eigenvalue weighted by atomic mass is 32.2. The Kier molecular flexibility index (Phi) is 4.70. The largest absolute Gasteiger partial charge is 0.467 e. The predicted molar refractivity (Wildman–Crippen MR) is 104 cm³/mol. The Morgan fingerprint density at radius 3 is 2.28 bits per heavy atom. The van der Waals surface area contributed by atoms with Gasteiger partial charge in [-0.3, -0.25) is 4.90 Å². The zero-order chi connectivity index (χ0) is 20.8. The van der Waals surface area contributed by atoms with Crippen molar-refractivity contribution >= 4 is 27.8 Å². The molecule has 2 aromatic carbocycles. The van der Waals surface area contributed by atoms with E-state index in [9.17, 15) is 18.0 Å². The van der Waals surface area contributed by atoms with E-state index in [2.05, 4.69) is 0 Å². The van der Waals surface area contributed by atoms with Crippen LogP contribution >= 0.6 is 0 Å². The van der Waals surface area contributed by atoms with E-state index in [4.69, 9.17) is 9.47 Å². The van der Waals surface area contributed by atoms with Crippen molar-refractivity contribution in [1.82, 2.24) is 4.90 Å². The van der Waals surface area contributed by atoms with Gasteiger partial charge < -0.3 is 9.47 Å². The molecule has 0 bridgehead atoms. The maximum absolute atomic E-state index is 13.6. The van der Waals surface area contributed by atoms with E-state index in [0.717, 1.165) is 5.56 Å². The number of amides is 1. The average molecular weight is 416 g/mol. The van der Waals surface area contributed by atoms with Crippen molar-refractivity contribution in [2.24, 2.45) is 0 Å². The Hall–Kier alpha value is -3.07. The van der Waals surface area contributed by atoms with Crippen LogP contribution in [0.1, 0.15) is 17.9 Å². The van der Waals surface area contributed by atoms with Crippen molar-refractivity contribution in [3.05, 3.63) is 60.2 Å². The van der Waals surface area contributed by atoms with Crippen LogP contribution < -0.4 is 4.31 Å². The maximum Gasteiger partial charge on any atom is 0.411 e. The van der Waals surface area contributed by atoms with Crippen LogP contribution in [-0.4, -0.2) is 51.8 Å². The molecule has 1 saturated heterocycles. The molecule has 2 aliphatic rings. The molecular formula is C20H20N2O6S. The number of para-hydroxylation sites is 1. The lowest BCUT2D eigenvalue weighted by molar-refractivity contribution is -0.145. The number of rotatable bonds is 3. The fraction of sp³-hybridized carbons (Fsp3) is 0.300. The summed E-state index contributed by atoms with van der Waals surface area (Å²) in [7, 11) is -1.57. The fourth-order valence-corrected chi connectivity index (χ4v) is 5.91. The van der Waals surface area contributed by atoms with E-state index >= 15 is 0 Å². The molecule has 0 aromatic heterocycles. The highest BCUT2D eigenvalue weighted by Gasteiger charge is 2.58. The first-order chi connectivity index (χ1) is 13.9. The zero-order valence-electron chi connectivity index (χ0n) is 15.9. The number of methoxy groups -OCH3 is 2. The molecule has 3 atom stereocenters. The molecule has 0 aliphatic carbocycles. The van der Waals surface area contributed by atoms with Gasteiger partial charge in [-0.2, -0.15) is 0 Å². The predicted octanol–water partition coefficient (Wildman–Crippen LogP) is 2.32. The minimum Gasteiger partial charge on any atom is -0.467 e. The van der Waals surface area contributed by atoms with Crippen LogP contribution in [0.3, 0.4) is 0 Å². The summed E-state index contributed by atoms with van der Waals surface area (Å²) in [5.41, 5.74) is 1.25. The lowest BCUT2D eigenvalue weighted by Gasteiger charge is -2.34. The normalized spacial score (nSPS) is 22.8. The summed E-state index contributed by atoms with van der Waals surface area (Å²) < 4.78 is 38.1. The second kappa shape index (κ2) is 7.07. The number of esters is 1. The van der Waals surface area contributed by atoms with Gasteiger partial charge in [-0.1, -0.05) is 36.4 Å². The minimum atomic E-state index is -4.01. The Morgan fingerprint density at radius 1 is 0.966 bits per heavy atom. The highest BCUT2D eigenvalue weighted by Crippen LogP contribution is 2.52. The third-order valence-electron chi connectivity index (χ3n) is 5.43. The molecule has 29 heavy (non-hydrogen) atoms. The number of nitrogens with zero attached hydrogens (tertiary/aromatic N) is 2. The summed E-state index contributed by atoms with van der Waals surface area (Å²) in [5, 5.41) is 0. The zero-order valence-corrected chi connectivity index (χ0v) is 16.7. The number of sulfonamides is 1. The van der Waals surface area contributed by atoms with Gasteiger partial charge >= 0.3 is 12.1 Å². The number of fused-ring (bicyclic) bond motifs is 3. The first-order valence-electron chi connectivity index (χ1n) is 9.04. The van der Waals surface area contributed by atoms with Crippen molar-refractivity contribution in [2.75, 3.05) is 18.5 Å². The Labute approximate surface area is 168 Å². The molecule has 0 radical (unpaired) electrons. The quantitative estimate of drug-likeness (QED) is 0.713. The second-order valence-electron chi connectivity index (χ2n) is 6.84. The summed E-state index contributed by atoms with van der Waals surface area (Å²) in [6.45, 7) is 0. The van der Waals surface area contributed by atoms with E-state index in [1.165, 1.54) is 35.6 Å². The number of carbonyl (C=O) groups is 2. The Balaban J connectivity index is 1.90. The monoisotopic (exact) mass is 416 g/mol. The van der Waals surface area contributed by atoms with Crippen LogP contribution in [0.4, 0.5) is 10.5 Å². The van der Waals surface area contributed by atoms with Gasteiger partial charge in [-0.25, -0.2) is 22.3 Å². The molecular weight excluding hydrogens is 396 g/mol. The molecule has 2 aliphatic heterocycles. The van der Waals surface area contributed by atoms with E-state index in [1.807, 2.05) is 12.1 Å². The van der Waals surface area contributed by atoms with Crippen molar-refractivity contribution in [3.8, 4) is 0 Å². The van der Waals surface area contributed by atoms with Crippen LogP contribution in [0.2, 0.25) is 0 Å². The van der Waals surface area contributed by atoms with Crippen LogP contribution in [0.5, 0.6) is 0 Å². The van der Waals surface area contributed by atoms with E-state index in [1.54, 1.807) is 30.3 Å². The number of ether oxygens (including phenoxy) is 2. The molecule has 0 saturated carbocycles. The van der Waals surface area contributed by atoms with Gasteiger partial charge in [-0.05, 0) is 30.2 Å². The van der Waals surface area contributed by atoms with E-state index in [-0.39, 0.29) is 17.2 Å². The summed E-state index contributed by atoms with van der Waals surface area (Å²) in [6, 6.07) is 14.1. The number of carbonyl (C=O) groups excluding carboxylic acids is 2. The Morgan fingerprint density at radius 2 is 1.62 bits per heavy atom. The number of anilines is 1. The molecule has 0 unspecified atom stereocenters. The summed E-state index contributed by atoms with van der Waals surface area (Å²) in [4.78, 5) is 26.3. The van der Waals surface area contributed by atoms with Crippen molar-refractivity contribution in [1.29, 1.82) is 0 Å². The number of benzene rings is 2. The van der Waals surface area contributed by atoms with Gasteiger partial charge in [0.15, 0.2) is 0 Å². The van der Waals surface area contributed by atoms with Crippen molar-refractivity contribution in [2.45, 2.75) is 29.4 Å². The van der Waals surface area contributed by atoms with Crippen LogP contribution in [0.15, 0.2) is 59.5 Å². The molecule has 0 spiro atoms. The third kappa shape index (κ3) is 2.84. The van der Waals surface area contributed by atoms with Crippen LogP contribution in [0.25, 0.3) is 0 Å². The van der Waals surface area contributed by atoms with Crippen LogP contribution in [-0.2, 0) is 24.3 Å². The lowest BCUT2D eigenvalue weighted by Crippen LogP contribution is -2.53. The van der Waals surface area contributed by atoms with Crippen LogP contribution in [0, 0.1) is 0 Å². The summed E-state index contributed by atoms with van der Waals surface area (Å²) in [5.74, 6) is -0.993. The molecule has 0 N–H and O–H groups in total. The van der Waals surface area contributed by atoms with Gasteiger partial charge in [0.1, 0.15) is 12.2 Å². The molecule has 1 fully saturated rings. The van der Waals surface area contributed by atoms with Crippen molar-refractivity contribution < 1.29 is 27.5 Å². The molecule has 4 rings (SSSR count). The summed E-state index contributed by atoms with van der Waals surface area (Å²) in [6.07, 6.45) is -1.47. The molecule has 152 valence electrons. The molecule has 2 heterocycles. The average Bonchev–Trinajstić information content (AvgIpc) is 3.28. The Bertz CT molecular complexity index is 1060. The molecule has 9 heteroatoms. The van der Waals surface area contributed by atoms with Crippen molar-refractivity contribution in [3.63, 3.8) is 0 Å². The minimum absolute atomic E-state index is 0.0989. The number of likely N-dealkylation sites (tertiary alicyclic amines) is 1. The first kappa shape index (κ1) is 19.3. The number of hydrogen-bond acceptors (Lipinski definition) is 6. The first-order valence-corrected chi connectivity index (χ1v) is 10.5. The standard InChI is InChI=1S/C20H20N2O6S/c1-27-19(23)17-12-15-14-10-6-7-11-16(14)22(18(15)21(17)20(24)28-2)29(25,26)13-8-4-3-5-9-13/h3-11,15,17-18H,12H2,1-2H3/t15-,17-,18+/m0/s1. The molecule has 2 aromatic rings. The van der Waals surface area contributed by atoms with Gasteiger partial charge in [0.25, 0.3) is 10.0 Å². The van der Waals surface area contributed by atoms with Gasteiger partial charge in [-0.15, -0.1) is 0 Å². The maximum atomic E-state index is 13.6. The second-order valence-corrected chi connectivity index (χ2v) is 8.66. The summed E-state index contributed by atoms with van der Waals surface area (Å²) >= 11 is 0. The van der Waals surface area contributed by atoms with E-state index < -0.39 is 34.3 Å². The smallest absolute Gasteiger partial charge is 0.411 e. The van der Waals surface area contributed by atoms with Gasteiger partial charge in [0, 0.05) is 5.92 Å². The SMILES string of the molecule is COC(=O)[C@@H]1C[C@H]2c3ccccc3N(S(=O)(=O)c3ccccc3)[C@H]2N1C(=O)OC. The lowest BCUT2D eigenvalue weighted by atomic mass is 9.96. The topological polar surface area (TPSA) is 93.2 Å². The third-order valence-corrected chi connectivity index (χ3v) is 7.23.